The van der Waals surface area contributed by atoms with Gasteiger partial charge in [0.15, 0.2) is 5.58 Å². The number of aromatic nitrogens is 2. The van der Waals surface area contributed by atoms with Crippen molar-refractivity contribution in [2.45, 2.75) is 32.1 Å². The predicted octanol–water partition coefficient (Wildman–Crippen LogP) is 2.77. The summed E-state index contributed by atoms with van der Waals surface area (Å²) in [6, 6.07) is 9.71. The van der Waals surface area contributed by atoms with Crippen LogP contribution in [0.2, 0.25) is 0 Å². The number of carbonyl (C=O) groups excluding carboxylic acids is 1. The molecule has 0 spiro atoms. The molecule has 0 aliphatic carbocycles. The van der Waals surface area contributed by atoms with E-state index < -0.39 is 5.76 Å². The largest absolute Gasteiger partial charge is 0.478 e. The highest BCUT2D eigenvalue weighted by molar-refractivity contribution is 5.92. The Balaban J connectivity index is 1.07. The first-order chi connectivity index (χ1) is 16.2. The number of pyridine rings is 1. The number of nitrogens with zero attached hydrogens (tertiary/aromatic N) is 3. The number of hydrogen-bond acceptors (Lipinski definition) is 7. The summed E-state index contributed by atoms with van der Waals surface area (Å²) >= 11 is 0. The van der Waals surface area contributed by atoms with Crippen molar-refractivity contribution in [2.24, 2.45) is 0 Å². The van der Waals surface area contributed by atoms with Gasteiger partial charge in [-0.15, -0.1) is 0 Å². The van der Waals surface area contributed by atoms with Gasteiger partial charge in [-0.2, -0.15) is 4.98 Å². The van der Waals surface area contributed by atoms with E-state index in [1.165, 1.54) is 0 Å². The summed E-state index contributed by atoms with van der Waals surface area (Å²) in [6.07, 6.45) is 4.30. The number of aryl methyl sites for hydroxylation is 1. The minimum Gasteiger partial charge on any atom is -0.478 e. The van der Waals surface area contributed by atoms with Gasteiger partial charge in [0.05, 0.1) is 17.8 Å². The molecular weight excluding hydrogens is 422 g/mol. The molecule has 1 amide bonds. The smallest absolute Gasteiger partial charge is 0.417 e. The average molecular weight is 452 g/mol. The molecule has 1 saturated heterocycles. The number of nitrogens with one attached hydrogen (secondary N) is 2. The second-order valence-electron chi connectivity index (χ2n) is 8.61. The fourth-order valence-corrected chi connectivity index (χ4v) is 4.56. The number of anilines is 2. The molecule has 1 aromatic carbocycles. The summed E-state index contributed by atoms with van der Waals surface area (Å²) in [5.41, 5.74) is 3.43. The maximum atomic E-state index is 11.6. The number of carbonyl (C=O) groups is 1. The van der Waals surface area contributed by atoms with E-state index in [0.717, 1.165) is 75.2 Å². The molecule has 0 radical (unpaired) electrons. The fraction of sp³-hybridized carbons (Fsp3) is 0.458. The molecule has 2 aliphatic heterocycles. The number of amides is 1. The van der Waals surface area contributed by atoms with Gasteiger partial charge in [0, 0.05) is 32.1 Å². The number of ether oxygens (including phenoxy) is 1. The summed E-state index contributed by atoms with van der Waals surface area (Å²) in [5, 5.41) is 2.81. The Morgan fingerprint density at radius 2 is 1.97 bits per heavy atom. The van der Waals surface area contributed by atoms with Crippen molar-refractivity contribution in [1.29, 1.82) is 0 Å². The number of hydrogen-bond donors (Lipinski definition) is 2. The van der Waals surface area contributed by atoms with Gasteiger partial charge in [0.1, 0.15) is 5.82 Å². The molecule has 2 aromatic heterocycles. The van der Waals surface area contributed by atoms with Crippen LogP contribution < -0.4 is 20.7 Å². The number of benzene rings is 1. The van der Waals surface area contributed by atoms with E-state index >= 15 is 0 Å². The molecule has 4 heterocycles. The zero-order valence-corrected chi connectivity index (χ0v) is 18.6. The molecule has 3 aromatic rings. The van der Waals surface area contributed by atoms with Crippen LogP contribution in [0.5, 0.6) is 5.88 Å². The number of aromatic amines is 1. The molecule has 5 rings (SSSR count). The molecule has 9 nitrogen and oxygen atoms in total. The number of rotatable bonds is 7. The maximum Gasteiger partial charge on any atom is 0.417 e. The molecule has 33 heavy (non-hydrogen) atoms. The number of H-pyrrole nitrogens is 1. The van der Waals surface area contributed by atoms with Crippen LogP contribution in [0.25, 0.3) is 11.1 Å². The Hall–Kier alpha value is -3.33. The quantitative estimate of drug-likeness (QED) is 0.533. The third-order valence-corrected chi connectivity index (χ3v) is 6.31. The predicted molar refractivity (Wildman–Crippen MR) is 126 cm³/mol. The maximum absolute atomic E-state index is 11.6. The van der Waals surface area contributed by atoms with Crippen LogP contribution in [0.1, 0.15) is 31.2 Å². The van der Waals surface area contributed by atoms with Gasteiger partial charge < -0.3 is 24.3 Å². The zero-order chi connectivity index (χ0) is 22.6. The second-order valence-corrected chi connectivity index (χ2v) is 8.61. The standard InChI is InChI=1S/C24H29N5O4/c30-20-9-7-17-8-10-21(27-23(17)26-20)32-16-2-1-11-28-12-4-13-29(15-14-28)19-6-3-5-18-22(19)33-24(31)25-18/h3,5-6,8,10H,1-2,4,7,9,11-16H2,(H,25,31)(H,26,27,30). The Morgan fingerprint density at radius 1 is 1.03 bits per heavy atom. The lowest BCUT2D eigenvalue weighted by Gasteiger charge is -2.23. The molecule has 174 valence electrons. The summed E-state index contributed by atoms with van der Waals surface area (Å²) in [6.45, 7) is 5.49. The minimum absolute atomic E-state index is 0.0116. The van der Waals surface area contributed by atoms with Crippen molar-refractivity contribution in [1.82, 2.24) is 14.9 Å². The lowest BCUT2D eigenvalue weighted by atomic mass is 10.1. The van der Waals surface area contributed by atoms with E-state index in [2.05, 4.69) is 25.1 Å². The topological polar surface area (TPSA) is 104 Å². The van der Waals surface area contributed by atoms with Crippen LogP contribution in [-0.4, -0.2) is 60.1 Å². The van der Waals surface area contributed by atoms with E-state index in [9.17, 15) is 9.59 Å². The number of para-hydroxylation sites is 1. The van der Waals surface area contributed by atoms with Gasteiger partial charge in [-0.25, -0.2) is 4.79 Å². The van der Waals surface area contributed by atoms with Gasteiger partial charge in [0.2, 0.25) is 11.8 Å². The van der Waals surface area contributed by atoms with Crippen LogP contribution in [0, 0.1) is 0 Å². The first-order valence-electron chi connectivity index (χ1n) is 11.7. The van der Waals surface area contributed by atoms with Gasteiger partial charge in [-0.3, -0.25) is 9.78 Å². The van der Waals surface area contributed by atoms with Crippen LogP contribution in [0.4, 0.5) is 11.5 Å². The molecule has 0 saturated carbocycles. The highest BCUT2D eigenvalue weighted by Crippen LogP contribution is 2.26. The molecule has 0 unspecified atom stereocenters. The molecule has 0 bridgehead atoms. The second kappa shape index (κ2) is 9.66. The Morgan fingerprint density at radius 3 is 2.91 bits per heavy atom. The Kier molecular flexibility index (Phi) is 6.30. The van der Waals surface area contributed by atoms with Crippen LogP contribution in [0.15, 0.2) is 39.5 Å². The third-order valence-electron chi connectivity index (χ3n) is 6.31. The SMILES string of the molecule is O=C1CCc2ccc(OCCCCN3CCCN(c4cccc5[nH]c(=O)oc45)CC3)nc2N1. The van der Waals surface area contributed by atoms with E-state index in [4.69, 9.17) is 9.15 Å². The molecule has 9 heteroatoms. The van der Waals surface area contributed by atoms with Crippen molar-refractivity contribution in [3.63, 3.8) is 0 Å². The lowest BCUT2D eigenvalue weighted by Crippen LogP contribution is -2.31. The molecule has 2 aliphatic rings. The first-order valence-corrected chi connectivity index (χ1v) is 11.7. The molecular formula is C24H29N5O4. The third kappa shape index (κ3) is 5.03. The van der Waals surface area contributed by atoms with E-state index in [1.807, 2.05) is 30.3 Å². The molecule has 1 fully saturated rings. The number of oxazole rings is 1. The minimum atomic E-state index is -0.411. The van der Waals surface area contributed by atoms with Crippen molar-refractivity contribution in [3.05, 3.63) is 46.4 Å². The van der Waals surface area contributed by atoms with Gasteiger partial charge >= 0.3 is 5.76 Å². The van der Waals surface area contributed by atoms with Crippen molar-refractivity contribution < 1.29 is 13.9 Å². The van der Waals surface area contributed by atoms with Crippen molar-refractivity contribution in [2.75, 3.05) is 49.5 Å². The number of unbranched alkanes of at least 4 members (excludes halogenated alkanes) is 1. The van der Waals surface area contributed by atoms with E-state index in [-0.39, 0.29) is 5.91 Å². The summed E-state index contributed by atoms with van der Waals surface area (Å²) in [4.78, 5) is 35.1. The fourth-order valence-electron chi connectivity index (χ4n) is 4.56. The van der Waals surface area contributed by atoms with Crippen molar-refractivity contribution in [3.8, 4) is 5.88 Å². The van der Waals surface area contributed by atoms with Gasteiger partial charge in [0.25, 0.3) is 0 Å². The van der Waals surface area contributed by atoms with Gasteiger partial charge in [-0.05, 0) is 62.5 Å². The average Bonchev–Trinajstić information content (AvgIpc) is 3.04. The Bertz CT molecular complexity index is 1190. The van der Waals surface area contributed by atoms with E-state index in [0.29, 0.717) is 30.3 Å². The zero-order valence-electron chi connectivity index (χ0n) is 18.6. The lowest BCUT2D eigenvalue weighted by molar-refractivity contribution is -0.116. The monoisotopic (exact) mass is 451 g/mol. The van der Waals surface area contributed by atoms with E-state index in [1.54, 1.807) is 0 Å². The van der Waals surface area contributed by atoms with Crippen LogP contribution in [-0.2, 0) is 11.2 Å². The van der Waals surface area contributed by atoms with Gasteiger partial charge in [-0.1, -0.05) is 6.07 Å². The summed E-state index contributed by atoms with van der Waals surface area (Å²) in [7, 11) is 0. The summed E-state index contributed by atoms with van der Waals surface area (Å²) < 4.78 is 11.2. The Labute approximate surface area is 191 Å². The highest BCUT2D eigenvalue weighted by Gasteiger charge is 2.19. The van der Waals surface area contributed by atoms with Crippen LogP contribution >= 0.6 is 0 Å². The van der Waals surface area contributed by atoms with Crippen LogP contribution in [0.3, 0.4) is 0 Å². The number of fused-ring (bicyclic) bond motifs is 2. The normalized spacial score (nSPS) is 17.0. The molecule has 2 N–H and O–H groups in total. The first kappa shape index (κ1) is 21.5. The highest BCUT2D eigenvalue weighted by atomic mass is 16.5. The summed E-state index contributed by atoms with van der Waals surface area (Å²) in [5.74, 6) is 0.795. The molecule has 0 atom stereocenters. The van der Waals surface area contributed by atoms with Crippen molar-refractivity contribution >= 4 is 28.5 Å².